The zero-order valence-electron chi connectivity index (χ0n) is 64.6. The van der Waals surface area contributed by atoms with Gasteiger partial charge in [0.15, 0.2) is 12.2 Å². The van der Waals surface area contributed by atoms with E-state index in [-0.39, 0.29) is 25.7 Å². The van der Waals surface area contributed by atoms with Gasteiger partial charge in [0.2, 0.25) is 0 Å². The fourth-order valence-electron chi connectivity index (χ4n) is 12.4. The maximum Gasteiger partial charge on any atom is 0.472 e. The van der Waals surface area contributed by atoms with Crippen LogP contribution in [-0.2, 0) is 65.4 Å². The maximum atomic E-state index is 13.1. The number of rotatable bonds is 80. The van der Waals surface area contributed by atoms with Crippen LogP contribution < -0.4 is 0 Å². The minimum Gasteiger partial charge on any atom is -0.462 e. The van der Waals surface area contributed by atoms with Crippen molar-refractivity contribution in [2.45, 2.75) is 445 Å². The number of aliphatic hydroxyl groups is 1. The molecular formula is C80H156O17P2. The summed E-state index contributed by atoms with van der Waals surface area (Å²) >= 11 is 0. The van der Waals surface area contributed by atoms with Gasteiger partial charge in [-0.1, -0.05) is 375 Å². The molecule has 0 heterocycles. The van der Waals surface area contributed by atoms with Gasteiger partial charge in [0, 0.05) is 25.7 Å². The third-order valence-electron chi connectivity index (χ3n) is 18.8. The predicted molar refractivity (Wildman–Crippen MR) is 405 cm³/mol. The van der Waals surface area contributed by atoms with Crippen molar-refractivity contribution < 1.29 is 80.2 Å². The molecule has 0 aromatic rings. The Morgan fingerprint density at radius 2 is 0.465 bits per heavy atom. The number of unbranched alkanes of at least 4 members (excludes halogenated alkanes) is 52. The lowest BCUT2D eigenvalue weighted by Gasteiger charge is -2.21. The second kappa shape index (κ2) is 73.0. The largest absolute Gasteiger partial charge is 0.472 e. The van der Waals surface area contributed by atoms with Crippen LogP contribution in [0.2, 0.25) is 0 Å². The van der Waals surface area contributed by atoms with Crippen LogP contribution in [0.25, 0.3) is 0 Å². The molecule has 0 saturated carbocycles. The number of esters is 4. The highest BCUT2D eigenvalue weighted by Crippen LogP contribution is 2.45. The maximum absolute atomic E-state index is 13.1. The van der Waals surface area contributed by atoms with Gasteiger partial charge in [-0.15, -0.1) is 0 Å². The molecule has 0 amide bonds. The van der Waals surface area contributed by atoms with Gasteiger partial charge in [-0.2, -0.15) is 0 Å². The van der Waals surface area contributed by atoms with E-state index in [0.717, 1.165) is 95.8 Å². The molecule has 99 heavy (non-hydrogen) atoms. The highest BCUT2D eigenvalue weighted by atomic mass is 31.2. The smallest absolute Gasteiger partial charge is 0.462 e. The molecule has 0 aromatic heterocycles. The number of carbonyl (C=O) groups is 4. The van der Waals surface area contributed by atoms with E-state index in [1.165, 1.54) is 250 Å². The minimum absolute atomic E-state index is 0.108. The van der Waals surface area contributed by atoms with Crippen molar-refractivity contribution in [3.8, 4) is 0 Å². The summed E-state index contributed by atoms with van der Waals surface area (Å²) in [5.41, 5.74) is 0. The van der Waals surface area contributed by atoms with Crippen molar-refractivity contribution in [2.24, 2.45) is 5.92 Å². The Bertz CT molecular complexity index is 1890. The number of phosphoric acid groups is 2. The molecule has 0 spiro atoms. The molecule has 0 aliphatic rings. The summed E-state index contributed by atoms with van der Waals surface area (Å²) in [6.07, 6.45) is 63.8. The predicted octanol–water partition coefficient (Wildman–Crippen LogP) is 24.0. The van der Waals surface area contributed by atoms with Crippen molar-refractivity contribution >= 4 is 39.5 Å². The molecule has 0 fully saturated rings. The number of hydrogen-bond donors (Lipinski definition) is 3. The topological polar surface area (TPSA) is 237 Å². The van der Waals surface area contributed by atoms with Gasteiger partial charge in [-0.25, -0.2) is 9.13 Å². The van der Waals surface area contributed by atoms with Crippen molar-refractivity contribution in [1.29, 1.82) is 0 Å². The summed E-state index contributed by atoms with van der Waals surface area (Å²) in [5, 5.41) is 10.6. The van der Waals surface area contributed by atoms with Gasteiger partial charge < -0.3 is 33.8 Å². The lowest BCUT2D eigenvalue weighted by atomic mass is 10.0. The standard InChI is InChI=1S/C80H156O17P2/c1-6-9-12-15-18-21-24-25-26-29-33-36-40-44-49-54-59-64-78(83)91-70-76(97-80(85)66-61-56-51-46-41-37-34-31-28-27-30-32-35-39-42-47-52-57-62-73(4)5)72-95-99(88,89)93-68-74(81)67-92-98(86,87)94-71-75(69-90-77(82)63-58-53-48-43-23-20-17-14-11-8-3)96-79(84)65-60-55-50-45-38-22-19-16-13-10-7-2/h73-76,81H,6-72H2,1-5H3,(H,86,87)(H,88,89)/t74-,75+,76+/m0/s1. The van der Waals surface area contributed by atoms with Gasteiger partial charge in [-0.3, -0.25) is 37.3 Å². The fraction of sp³-hybridized carbons (Fsp3) is 0.950. The Morgan fingerprint density at radius 3 is 0.687 bits per heavy atom. The minimum atomic E-state index is -4.96. The van der Waals surface area contributed by atoms with E-state index < -0.39 is 97.5 Å². The normalized spacial score (nSPS) is 13.9. The highest BCUT2D eigenvalue weighted by Gasteiger charge is 2.30. The van der Waals surface area contributed by atoms with Gasteiger partial charge >= 0.3 is 39.5 Å². The third kappa shape index (κ3) is 74.1. The van der Waals surface area contributed by atoms with E-state index >= 15 is 0 Å². The Labute approximate surface area is 607 Å². The first kappa shape index (κ1) is 97.1. The molecular weight excluding hydrogens is 1290 g/mol. The molecule has 0 aliphatic heterocycles. The molecule has 17 nitrogen and oxygen atoms in total. The monoisotopic (exact) mass is 1450 g/mol. The van der Waals surface area contributed by atoms with Crippen molar-refractivity contribution in [3.05, 3.63) is 0 Å². The lowest BCUT2D eigenvalue weighted by molar-refractivity contribution is -0.161. The van der Waals surface area contributed by atoms with Crippen LogP contribution in [0.15, 0.2) is 0 Å². The summed E-state index contributed by atoms with van der Waals surface area (Å²) in [6, 6.07) is 0. The Kier molecular flexibility index (Phi) is 71.6. The van der Waals surface area contributed by atoms with Gasteiger partial charge in [0.25, 0.3) is 0 Å². The zero-order chi connectivity index (χ0) is 72.7. The molecule has 0 rings (SSSR count). The average Bonchev–Trinajstić information content (AvgIpc) is 1.01. The first-order valence-electron chi connectivity index (χ1n) is 41.6. The van der Waals surface area contributed by atoms with Gasteiger partial charge in [-0.05, 0) is 31.6 Å². The first-order valence-corrected chi connectivity index (χ1v) is 44.6. The average molecular weight is 1450 g/mol. The number of ether oxygens (including phenoxy) is 4. The molecule has 0 aromatic carbocycles. The third-order valence-corrected chi connectivity index (χ3v) is 20.7. The highest BCUT2D eigenvalue weighted by molar-refractivity contribution is 7.47. The Balaban J connectivity index is 5.20. The van der Waals surface area contributed by atoms with E-state index in [0.29, 0.717) is 25.7 Å². The van der Waals surface area contributed by atoms with Crippen molar-refractivity contribution in [1.82, 2.24) is 0 Å². The molecule has 0 saturated heterocycles. The number of aliphatic hydroxyl groups excluding tert-OH is 1. The van der Waals surface area contributed by atoms with E-state index in [1.807, 2.05) is 0 Å². The van der Waals surface area contributed by atoms with Crippen molar-refractivity contribution in [2.75, 3.05) is 39.6 Å². The van der Waals surface area contributed by atoms with Crippen molar-refractivity contribution in [3.63, 3.8) is 0 Å². The van der Waals surface area contributed by atoms with Gasteiger partial charge in [0.1, 0.15) is 19.3 Å². The number of hydrogen-bond acceptors (Lipinski definition) is 15. The Morgan fingerprint density at radius 1 is 0.273 bits per heavy atom. The molecule has 19 heteroatoms. The summed E-state index contributed by atoms with van der Waals surface area (Å²) in [6.45, 7) is 7.35. The lowest BCUT2D eigenvalue weighted by Crippen LogP contribution is -2.30. The van der Waals surface area contributed by atoms with Crippen LogP contribution >= 0.6 is 15.6 Å². The molecule has 0 bridgehead atoms. The van der Waals surface area contributed by atoms with Crippen LogP contribution in [0.5, 0.6) is 0 Å². The quantitative estimate of drug-likeness (QED) is 0.0222. The fourth-order valence-corrected chi connectivity index (χ4v) is 14.0. The second-order valence-electron chi connectivity index (χ2n) is 29.3. The van der Waals surface area contributed by atoms with Crippen LogP contribution in [0.4, 0.5) is 0 Å². The van der Waals surface area contributed by atoms with Gasteiger partial charge in [0.05, 0.1) is 26.4 Å². The Hall–Kier alpha value is -1.94. The summed E-state index contributed by atoms with van der Waals surface area (Å²) in [5.74, 6) is -1.29. The first-order chi connectivity index (χ1) is 48.0. The van der Waals surface area contributed by atoms with Crippen LogP contribution in [0, 0.1) is 5.92 Å². The molecule has 0 aliphatic carbocycles. The van der Waals surface area contributed by atoms with Crippen LogP contribution in [0.1, 0.15) is 426 Å². The summed E-state index contributed by atoms with van der Waals surface area (Å²) in [7, 11) is -9.91. The molecule has 3 N–H and O–H groups in total. The van der Waals surface area contributed by atoms with E-state index in [9.17, 15) is 43.2 Å². The molecule has 2 unspecified atom stereocenters. The summed E-state index contributed by atoms with van der Waals surface area (Å²) < 4.78 is 68.6. The SMILES string of the molecule is CCCCCCCCCCCCCCCCCCCC(=O)OC[C@H](COP(=O)(O)OC[C@@H](O)COP(=O)(O)OC[C@@H](COC(=O)CCCCCCCCCCCC)OC(=O)CCCCCCCCCCCCC)OC(=O)CCCCCCCCCCCCCCCCCCCCC(C)C. The molecule has 5 atom stereocenters. The molecule has 0 radical (unpaired) electrons. The van der Waals surface area contributed by atoms with Crippen LogP contribution in [-0.4, -0.2) is 96.7 Å². The number of phosphoric ester groups is 2. The van der Waals surface area contributed by atoms with E-state index in [2.05, 4.69) is 34.6 Å². The second-order valence-corrected chi connectivity index (χ2v) is 32.2. The zero-order valence-corrected chi connectivity index (χ0v) is 66.4. The molecule has 588 valence electrons. The number of carbonyl (C=O) groups excluding carboxylic acids is 4. The van der Waals surface area contributed by atoms with Crippen LogP contribution in [0.3, 0.4) is 0 Å². The summed E-state index contributed by atoms with van der Waals surface area (Å²) in [4.78, 5) is 72.9. The van der Waals surface area contributed by atoms with E-state index in [1.54, 1.807) is 0 Å². The van der Waals surface area contributed by atoms with E-state index in [4.69, 9.17) is 37.0 Å².